The Kier molecular flexibility index (Phi) is 9.34. The summed E-state index contributed by atoms with van der Waals surface area (Å²) in [6.45, 7) is 10.3. The summed E-state index contributed by atoms with van der Waals surface area (Å²) >= 11 is 0. The number of pyridine rings is 2. The van der Waals surface area contributed by atoms with E-state index in [1.54, 1.807) is 6.20 Å². The minimum Gasteiger partial charge on any atom is -0.444 e. The van der Waals surface area contributed by atoms with E-state index in [-0.39, 0.29) is 12.0 Å². The first kappa shape index (κ1) is 31.9. The van der Waals surface area contributed by atoms with Gasteiger partial charge in [0.15, 0.2) is 0 Å². The Bertz CT molecular complexity index is 1690. The molecule has 5 N–H and O–H groups in total. The van der Waals surface area contributed by atoms with Gasteiger partial charge in [-0.15, -0.1) is 0 Å². The minimum absolute atomic E-state index is 0.103. The number of hydrogen-bond donors (Lipinski definition) is 3. The molecule has 1 amide bonds. The van der Waals surface area contributed by atoms with Gasteiger partial charge >= 0.3 is 6.09 Å². The first-order valence-corrected chi connectivity index (χ1v) is 15.7. The van der Waals surface area contributed by atoms with Gasteiger partial charge in [-0.2, -0.15) is 0 Å². The molecule has 234 valence electrons. The van der Waals surface area contributed by atoms with Crippen LogP contribution in [0, 0.1) is 6.92 Å². The van der Waals surface area contributed by atoms with Crippen LogP contribution < -0.4 is 16.8 Å². The maximum absolute atomic E-state index is 12.7. The quantitative estimate of drug-likeness (QED) is 0.171. The number of nitrogens with two attached hydrogens (primary N) is 2. The molecule has 0 aliphatic heterocycles. The van der Waals surface area contributed by atoms with Gasteiger partial charge in [-0.05, 0) is 107 Å². The van der Waals surface area contributed by atoms with Crippen molar-refractivity contribution in [2.75, 3.05) is 12.3 Å². The van der Waals surface area contributed by atoms with Crippen LogP contribution >= 0.6 is 0 Å². The van der Waals surface area contributed by atoms with Gasteiger partial charge in [0, 0.05) is 23.2 Å². The molecule has 1 aliphatic rings. The molecule has 2 heterocycles. The number of alkyl carbamates (subject to hydrolysis) is 1. The summed E-state index contributed by atoms with van der Waals surface area (Å²) in [6.07, 6.45) is 4.92. The van der Waals surface area contributed by atoms with E-state index >= 15 is 0 Å². The lowest BCUT2D eigenvalue weighted by Gasteiger charge is -2.43. The molecule has 5 rings (SSSR count). The molecule has 1 atom stereocenters. The number of hydrogen-bond acceptors (Lipinski definition) is 7. The fourth-order valence-corrected chi connectivity index (χ4v) is 5.80. The average Bonchev–Trinajstić information content (AvgIpc) is 2.98. The zero-order chi connectivity index (χ0) is 32.2. The van der Waals surface area contributed by atoms with Crippen LogP contribution in [0.2, 0.25) is 0 Å². The first-order valence-electron chi connectivity index (χ1n) is 15.7. The molecule has 1 saturated carbocycles. The van der Waals surface area contributed by atoms with E-state index in [1.807, 2.05) is 58.0 Å². The molecular formula is C37H44N6O2. The van der Waals surface area contributed by atoms with Crippen LogP contribution in [-0.2, 0) is 16.7 Å². The number of aromatic nitrogens is 2. The van der Waals surface area contributed by atoms with Crippen LogP contribution in [0.25, 0.3) is 11.3 Å². The molecule has 0 bridgehead atoms. The van der Waals surface area contributed by atoms with Crippen molar-refractivity contribution in [1.82, 2.24) is 15.3 Å². The fraction of sp³-hybridized carbons (Fsp3) is 0.351. The number of aliphatic imine (C=N–C) groups is 1. The van der Waals surface area contributed by atoms with Crippen molar-refractivity contribution < 1.29 is 9.53 Å². The number of rotatable bonds is 9. The molecule has 8 nitrogen and oxygen atoms in total. The second-order valence-corrected chi connectivity index (χ2v) is 12.9. The maximum Gasteiger partial charge on any atom is 0.408 e. The van der Waals surface area contributed by atoms with Crippen molar-refractivity contribution in [3.05, 3.63) is 107 Å². The van der Waals surface area contributed by atoms with E-state index in [2.05, 4.69) is 59.7 Å². The number of amides is 1. The number of ether oxygens (including phenoxy) is 1. The van der Waals surface area contributed by atoms with Gasteiger partial charge < -0.3 is 21.5 Å². The predicted octanol–water partition coefficient (Wildman–Crippen LogP) is 7.36. The number of carbonyl (C=O) groups excluding carboxylic acids is 1. The maximum atomic E-state index is 12.7. The number of nitrogens with one attached hydrogen (secondary N) is 1. The lowest BCUT2D eigenvalue weighted by molar-refractivity contribution is 0.0377. The molecule has 0 unspecified atom stereocenters. The highest BCUT2D eigenvalue weighted by atomic mass is 16.6. The van der Waals surface area contributed by atoms with E-state index in [0.29, 0.717) is 12.4 Å². The number of aryl methyl sites for hydroxylation is 1. The zero-order valence-electron chi connectivity index (χ0n) is 26.9. The Morgan fingerprint density at radius 3 is 2.44 bits per heavy atom. The number of anilines is 1. The molecule has 45 heavy (non-hydrogen) atoms. The van der Waals surface area contributed by atoms with E-state index in [0.717, 1.165) is 70.7 Å². The molecular weight excluding hydrogens is 560 g/mol. The second-order valence-electron chi connectivity index (χ2n) is 12.9. The topological polar surface area (TPSA) is 129 Å². The van der Waals surface area contributed by atoms with Crippen molar-refractivity contribution in [1.29, 1.82) is 0 Å². The largest absolute Gasteiger partial charge is 0.444 e. The van der Waals surface area contributed by atoms with E-state index in [9.17, 15) is 4.79 Å². The highest BCUT2D eigenvalue weighted by molar-refractivity contribution is 6.09. The van der Waals surface area contributed by atoms with Gasteiger partial charge in [0.2, 0.25) is 0 Å². The first-order chi connectivity index (χ1) is 21.5. The molecule has 2 aromatic heterocycles. The molecule has 0 spiro atoms. The summed E-state index contributed by atoms with van der Waals surface area (Å²) in [5.41, 5.74) is 19.7. The van der Waals surface area contributed by atoms with Gasteiger partial charge in [-0.25, -0.2) is 9.78 Å². The van der Waals surface area contributed by atoms with E-state index in [1.165, 1.54) is 5.56 Å². The van der Waals surface area contributed by atoms with E-state index in [4.69, 9.17) is 26.2 Å². The number of nitrogens with zero attached hydrogens (tertiary/aromatic N) is 3. The lowest BCUT2D eigenvalue weighted by atomic mass is 9.71. The molecule has 0 saturated heterocycles. The molecule has 1 fully saturated rings. The third kappa shape index (κ3) is 7.40. The van der Waals surface area contributed by atoms with Gasteiger partial charge in [0.25, 0.3) is 0 Å². The minimum atomic E-state index is -0.554. The molecule has 8 heteroatoms. The third-order valence-corrected chi connectivity index (χ3v) is 8.39. The van der Waals surface area contributed by atoms with Crippen molar-refractivity contribution in [3.63, 3.8) is 0 Å². The zero-order valence-corrected chi connectivity index (χ0v) is 26.9. The van der Waals surface area contributed by atoms with Crippen molar-refractivity contribution in [2.24, 2.45) is 10.7 Å². The molecule has 2 aromatic carbocycles. The lowest BCUT2D eigenvalue weighted by Crippen LogP contribution is -2.52. The van der Waals surface area contributed by atoms with Crippen LogP contribution in [0.15, 0.2) is 84.0 Å². The number of benzene rings is 2. The fourth-order valence-electron chi connectivity index (χ4n) is 5.80. The number of nitrogen functional groups attached to an aromatic ring is 1. The van der Waals surface area contributed by atoms with Gasteiger partial charge in [-0.3, -0.25) is 9.98 Å². The molecule has 4 aromatic rings. The summed E-state index contributed by atoms with van der Waals surface area (Å²) in [5, 5.41) is 3.15. The summed E-state index contributed by atoms with van der Waals surface area (Å²) in [5.74, 6) is 0.322. The van der Waals surface area contributed by atoms with Crippen LogP contribution in [0.5, 0.6) is 0 Å². The average molecular weight is 605 g/mol. The van der Waals surface area contributed by atoms with Crippen molar-refractivity contribution in [2.45, 2.75) is 77.4 Å². The monoisotopic (exact) mass is 604 g/mol. The van der Waals surface area contributed by atoms with Crippen molar-refractivity contribution in [3.8, 4) is 11.3 Å². The predicted molar refractivity (Wildman–Crippen MR) is 182 cm³/mol. The van der Waals surface area contributed by atoms with Crippen LogP contribution in [-0.4, -0.2) is 33.9 Å². The summed E-state index contributed by atoms with van der Waals surface area (Å²) in [7, 11) is 0. The standard InChI is InChI=1S/C37H44N6O2/c1-24(27-12-14-29(15-13-27)37(19-8-20-37)43-35(44)45-36(3,4)5)33(30-11-7-22-40-34(30)39)42-31-16-17-32(41-25(31)2)28-10-6-9-26(23-28)18-21-38/h6-7,9-17,22-24H,8,18-21,38H2,1-5H3,(H2,39,40)(H,43,44)/b42-33+/t24-/m0/s1. The summed E-state index contributed by atoms with van der Waals surface area (Å²) < 4.78 is 5.56. The summed E-state index contributed by atoms with van der Waals surface area (Å²) in [4.78, 5) is 27.1. The Balaban J connectivity index is 1.45. The third-order valence-electron chi connectivity index (χ3n) is 8.39. The van der Waals surface area contributed by atoms with E-state index < -0.39 is 11.1 Å². The van der Waals surface area contributed by atoms with Gasteiger partial charge in [0.05, 0.1) is 28.3 Å². The van der Waals surface area contributed by atoms with Crippen LogP contribution in [0.1, 0.15) is 80.8 Å². The van der Waals surface area contributed by atoms with Gasteiger partial charge in [0.1, 0.15) is 11.4 Å². The Morgan fingerprint density at radius 2 is 1.82 bits per heavy atom. The Morgan fingerprint density at radius 1 is 1.07 bits per heavy atom. The summed E-state index contributed by atoms with van der Waals surface area (Å²) in [6, 6.07) is 24.6. The number of carbonyl (C=O) groups is 1. The highest BCUT2D eigenvalue weighted by Gasteiger charge is 2.41. The highest BCUT2D eigenvalue weighted by Crippen LogP contribution is 2.42. The molecule has 1 aliphatic carbocycles. The van der Waals surface area contributed by atoms with Crippen LogP contribution in [0.4, 0.5) is 16.3 Å². The van der Waals surface area contributed by atoms with Crippen molar-refractivity contribution >= 4 is 23.3 Å². The smallest absolute Gasteiger partial charge is 0.408 e. The normalized spacial score (nSPS) is 15.2. The Hall–Kier alpha value is -4.56. The van der Waals surface area contributed by atoms with Crippen LogP contribution in [0.3, 0.4) is 0 Å². The van der Waals surface area contributed by atoms with Gasteiger partial charge in [-0.1, -0.05) is 49.4 Å². The Labute approximate surface area is 266 Å². The second kappa shape index (κ2) is 13.2. The molecule has 0 radical (unpaired) electrons. The SMILES string of the molecule is Cc1nc(-c2cccc(CCN)c2)ccc1/N=C(/c1cccnc1N)[C@@H](C)c1ccc(C2(NC(=O)OC(C)(C)C)CCC2)cc1.